The molecule has 0 saturated carbocycles. The molecule has 0 radical (unpaired) electrons. The number of aromatic nitrogens is 3. The molecule has 0 spiro atoms. The number of pyridine rings is 3. The lowest BCUT2D eigenvalue weighted by Crippen LogP contribution is -1.90. The first-order valence-corrected chi connectivity index (χ1v) is 11.8. The number of aryl methyl sites for hydroxylation is 3. The van der Waals surface area contributed by atoms with E-state index in [1.807, 2.05) is 30.9 Å². The van der Waals surface area contributed by atoms with Crippen LogP contribution in [0.2, 0.25) is 0 Å². The summed E-state index contributed by atoms with van der Waals surface area (Å²) in [6.07, 6.45) is 7.68. The highest BCUT2D eigenvalue weighted by atomic mass is 14.7. The topological polar surface area (TPSA) is 38.7 Å². The molecule has 3 aromatic carbocycles. The summed E-state index contributed by atoms with van der Waals surface area (Å²) in [6, 6.07) is 26.0. The Hall–Kier alpha value is -4.37. The lowest BCUT2D eigenvalue weighted by molar-refractivity contribution is 1.28. The second-order valence-corrected chi connectivity index (χ2v) is 9.31. The van der Waals surface area contributed by atoms with Crippen LogP contribution in [0.4, 0.5) is 0 Å². The van der Waals surface area contributed by atoms with Gasteiger partial charge in [-0.2, -0.15) is 0 Å². The molecule has 3 heteroatoms. The molecule has 0 atom stereocenters. The largest absolute Gasteiger partial charge is 0.263 e. The number of benzene rings is 3. The summed E-state index contributed by atoms with van der Waals surface area (Å²) in [4.78, 5) is 14.0. The monoisotopic (exact) mass is 451 g/mol. The van der Waals surface area contributed by atoms with Crippen LogP contribution in [-0.4, -0.2) is 15.0 Å². The van der Waals surface area contributed by atoms with Crippen molar-refractivity contribution in [2.75, 3.05) is 0 Å². The van der Waals surface area contributed by atoms with Crippen LogP contribution >= 0.6 is 0 Å². The molecule has 0 saturated heterocycles. The quantitative estimate of drug-likeness (QED) is 0.255. The summed E-state index contributed by atoms with van der Waals surface area (Å²) in [5.74, 6) is 0. The molecule has 168 valence electrons. The highest BCUT2D eigenvalue weighted by molar-refractivity contribution is 6.13. The van der Waals surface area contributed by atoms with Crippen LogP contribution in [0.3, 0.4) is 0 Å². The van der Waals surface area contributed by atoms with Crippen molar-refractivity contribution in [3.8, 4) is 33.5 Å². The van der Waals surface area contributed by atoms with Gasteiger partial charge in [-0.15, -0.1) is 0 Å². The van der Waals surface area contributed by atoms with Gasteiger partial charge in [0.05, 0.1) is 11.2 Å². The molecule has 0 aliphatic heterocycles. The molecule has 0 aliphatic rings. The number of hydrogen-bond acceptors (Lipinski definition) is 3. The molecule has 0 unspecified atom stereocenters. The first-order chi connectivity index (χ1) is 17.0. The van der Waals surface area contributed by atoms with Crippen LogP contribution < -0.4 is 0 Å². The number of rotatable bonds is 3. The SMILES string of the molecule is Cc1ccnc(-c2cccc(-c3cncc(-c4cc5ncc(C)cc5c5cc(C)ccc45)c3)c2)c1. The summed E-state index contributed by atoms with van der Waals surface area (Å²) in [6.45, 7) is 6.32. The molecule has 3 aromatic heterocycles. The van der Waals surface area contributed by atoms with Gasteiger partial charge in [0.2, 0.25) is 0 Å². The van der Waals surface area contributed by atoms with Crippen molar-refractivity contribution in [1.29, 1.82) is 0 Å². The van der Waals surface area contributed by atoms with Gasteiger partial charge in [-0.05, 0) is 90.2 Å². The molecule has 3 nitrogen and oxygen atoms in total. The van der Waals surface area contributed by atoms with E-state index >= 15 is 0 Å². The first kappa shape index (κ1) is 21.2. The predicted octanol–water partition coefficient (Wildman–Crippen LogP) is 8.10. The van der Waals surface area contributed by atoms with Crippen molar-refractivity contribution >= 4 is 21.7 Å². The Balaban J connectivity index is 1.51. The normalized spacial score (nSPS) is 11.3. The van der Waals surface area contributed by atoms with E-state index in [9.17, 15) is 0 Å². The molecule has 0 fully saturated rings. The average Bonchev–Trinajstić information content (AvgIpc) is 2.88. The number of fused-ring (bicyclic) bond motifs is 3. The molecular formula is C32H25N3. The Kier molecular flexibility index (Phi) is 5.11. The highest BCUT2D eigenvalue weighted by Crippen LogP contribution is 2.36. The Morgan fingerprint density at radius 2 is 1.29 bits per heavy atom. The van der Waals surface area contributed by atoms with Crippen LogP contribution in [0.5, 0.6) is 0 Å². The minimum absolute atomic E-state index is 0.980. The van der Waals surface area contributed by atoms with E-state index in [0.29, 0.717) is 0 Å². The van der Waals surface area contributed by atoms with Crippen LogP contribution in [0.25, 0.3) is 55.2 Å². The highest BCUT2D eigenvalue weighted by Gasteiger charge is 2.12. The summed E-state index contributed by atoms with van der Waals surface area (Å²) >= 11 is 0. The van der Waals surface area contributed by atoms with E-state index in [2.05, 4.69) is 97.5 Å². The lowest BCUT2D eigenvalue weighted by Gasteiger charge is -2.13. The molecule has 0 bridgehead atoms. The second-order valence-electron chi connectivity index (χ2n) is 9.31. The third-order valence-electron chi connectivity index (χ3n) is 6.55. The van der Waals surface area contributed by atoms with Gasteiger partial charge in [-0.1, -0.05) is 42.0 Å². The maximum atomic E-state index is 4.75. The van der Waals surface area contributed by atoms with Gasteiger partial charge in [-0.25, -0.2) is 0 Å². The van der Waals surface area contributed by atoms with Crippen LogP contribution in [0.1, 0.15) is 16.7 Å². The molecule has 6 aromatic rings. The Bertz CT molecular complexity index is 1730. The summed E-state index contributed by atoms with van der Waals surface area (Å²) < 4.78 is 0. The molecule has 0 aliphatic carbocycles. The molecule has 0 amide bonds. The fraction of sp³-hybridized carbons (Fsp3) is 0.0938. The minimum Gasteiger partial charge on any atom is -0.263 e. The smallest absolute Gasteiger partial charge is 0.0714 e. The van der Waals surface area contributed by atoms with E-state index in [1.165, 1.54) is 32.8 Å². The third kappa shape index (κ3) is 3.95. The zero-order valence-electron chi connectivity index (χ0n) is 20.1. The minimum atomic E-state index is 0.980. The van der Waals surface area contributed by atoms with Gasteiger partial charge in [0, 0.05) is 46.9 Å². The number of hydrogen-bond donors (Lipinski definition) is 0. The van der Waals surface area contributed by atoms with Gasteiger partial charge < -0.3 is 0 Å². The maximum absolute atomic E-state index is 4.75. The summed E-state index contributed by atoms with van der Waals surface area (Å²) in [7, 11) is 0. The molecule has 35 heavy (non-hydrogen) atoms. The zero-order valence-corrected chi connectivity index (χ0v) is 20.1. The predicted molar refractivity (Wildman–Crippen MR) is 145 cm³/mol. The van der Waals surface area contributed by atoms with Gasteiger partial charge in [0.1, 0.15) is 0 Å². The third-order valence-corrected chi connectivity index (χ3v) is 6.55. The van der Waals surface area contributed by atoms with Crippen molar-refractivity contribution < 1.29 is 0 Å². The van der Waals surface area contributed by atoms with Gasteiger partial charge in [-0.3, -0.25) is 15.0 Å². The summed E-state index contributed by atoms with van der Waals surface area (Å²) in [5, 5.41) is 3.63. The fourth-order valence-corrected chi connectivity index (χ4v) is 4.78. The van der Waals surface area contributed by atoms with Crippen LogP contribution in [0.15, 0.2) is 97.6 Å². The fourth-order valence-electron chi connectivity index (χ4n) is 4.78. The van der Waals surface area contributed by atoms with Crippen LogP contribution in [0, 0.1) is 20.8 Å². The summed E-state index contributed by atoms with van der Waals surface area (Å²) in [5.41, 5.74) is 11.1. The van der Waals surface area contributed by atoms with Crippen molar-refractivity contribution in [1.82, 2.24) is 15.0 Å². The van der Waals surface area contributed by atoms with E-state index in [4.69, 9.17) is 4.98 Å². The van der Waals surface area contributed by atoms with Gasteiger partial charge in [0.15, 0.2) is 0 Å². The van der Waals surface area contributed by atoms with E-state index in [1.54, 1.807) is 0 Å². The van der Waals surface area contributed by atoms with Crippen molar-refractivity contribution in [3.63, 3.8) is 0 Å². The van der Waals surface area contributed by atoms with Crippen molar-refractivity contribution in [3.05, 3.63) is 114 Å². The second kappa shape index (κ2) is 8.44. The van der Waals surface area contributed by atoms with Crippen molar-refractivity contribution in [2.45, 2.75) is 20.8 Å². The maximum Gasteiger partial charge on any atom is 0.0714 e. The Labute approximate surface area is 205 Å². The standard InChI is InChI=1S/C32H25N3/c1-20-7-8-27-28(16-32-30(29(27)11-20)12-22(3)17-35-32)26-15-25(18-33-19-26)23-5-4-6-24(14-23)31-13-21(2)9-10-34-31/h4-19H,1-3H3. The van der Waals surface area contributed by atoms with E-state index in [0.717, 1.165) is 39.0 Å². The molecule has 0 N–H and O–H groups in total. The van der Waals surface area contributed by atoms with Gasteiger partial charge >= 0.3 is 0 Å². The molecule has 6 rings (SSSR count). The van der Waals surface area contributed by atoms with E-state index in [-0.39, 0.29) is 0 Å². The Morgan fingerprint density at radius 3 is 2.17 bits per heavy atom. The lowest BCUT2D eigenvalue weighted by atomic mass is 9.93. The molecular weight excluding hydrogens is 426 g/mol. The van der Waals surface area contributed by atoms with E-state index < -0.39 is 0 Å². The molecule has 3 heterocycles. The van der Waals surface area contributed by atoms with Crippen molar-refractivity contribution in [2.24, 2.45) is 0 Å². The average molecular weight is 452 g/mol. The zero-order chi connectivity index (χ0) is 23.9. The van der Waals surface area contributed by atoms with Crippen LogP contribution in [-0.2, 0) is 0 Å². The number of nitrogens with zero attached hydrogens (tertiary/aromatic N) is 3. The van der Waals surface area contributed by atoms with Gasteiger partial charge in [0.25, 0.3) is 0 Å². The first-order valence-electron chi connectivity index (χ1n) is 11.8. The Morgan fingerprint density at radius 1 is 0.514 bits per heavy atom.